The van der Waals surface area contributed by atoms with Crippen LogP contribution in [0.15, 0.2) is 60.7 Å². The second kappa shape index (κ2) is 10.2. The lowest BCUT2D eigenvalue weighted by atomic mass is 9.70. The van der Waals surface area contributed by atoms with E-state index < -0.39 is 26.9 Å². The molecule has 0 N–H and O–H groups in total. The monoisotopic (exact) mass is 554 g/mol. The largest absolute Gasteiger partial charge is 0.497 e. The summed E-state index contributed by atoms with van der Waals surface area (Å²) in [7, 11) is -2.35. The second-order valence-corrected chi connectivity index (χ2v) is 13.5. The number of methoxy groups -OCH3 is 1. The molecular formula is C30H35FN2O5S. The van der Waals surface area contributed by atoms with Crippen LogP contribution in [0.4, 0.5) is 4.39 Å². The van der Waals surface area contributed by atoms with Gasteiger partial charge >= 0.3 is 0 Å². The minimum Gasteiger partial charge on any atom is -0.497 e. The highest BCUT2D eigenvalue weighted by Gasteiger charge is 2.65. The van der Waals surface area contributed by atoms with Crippen molar-refractivity contribution in [1.82, 2.24) is 9.21 Å². The van der Waals surface area contributed by atoms with Gasteiger partial charge in [0.1, 0.15) is 17.3 Å². The third-order valence-electron chi connectivity index (χ3n) is 9.28. The maximum absolute atomic E-state index is 13.8. The Bertz CT molecular complexity index is 1390. The smallest absolute Gasteiger partial charge is 0.238 e. The number of hydrogen-bond acceptors (Lipinski definition) is 5. The zero-order chi connectivity index (χ0) is 28.0. The second-order valence-electron chi connectivity index (χ2n) is 11.5. The van der Waals surface area contributed by atoms with Gasteiger partial charge < -0.3 is 9.64 Å². The Labute approximate surface area is 229 Å². The van der Waals surface area contributed by atoms with Crippen LogP contribution >= 0.6 is 0 Å². The number of fused-ring (bicyclic) bond motifs is 2. The lowest BCUT2D eigenvalue weighted by Crippen LogP contribution is -2.50. The third-order valence-corrected chi connectivity index (χ3v) is 11.2. The van der Waals surface area contributed by atoms with Gasteiger partial charge in [0.2, 0.25) is 15.9 Å². The van der Waals surface area contributed by atoms with E-state index in [4.69, 9.17) is 4.74 Å². The number of ether oxygens (including phenoxy) is 1. The van der Waals surface area contributed by atoms with Crippen molar-refractivity contribution in [3.8, 4) is 5.75 Å². The number of rotatable bonds is 7. The molecule has 0 aromatic heterocycles. The molecule has 1 unspecified atom stereocenters. The molecule has 0 radical (unpaired) electrons. The highest BCUT2D eigenvalue weighted by atomic mass is 32.2. The fraction of sp³-hybridized carbons (Fsp3) is 0.467. The molecule has 2 aliphatic carbocycles. The molecule has 1 heterocycles. The highest BCUT2D eigenvalue weighted by Crippen LogP contribution is 2.64. The minimum atomic E-state index is -3.93. The zero-order valence-corrected chi connectivity index (χ0v) is 23.4. The fourth-order valence-electron chi connectivity index (χ4n) is 6.66. The van der Waals surface area contributed by atoms with Gasteiger partial charge in [-0.2, -0.15) is 4.31 Å². The Morgan fingerprint density at radius 3 is 2.33 bits per heavy atom. The molecule has 2 aromatic carbocycles. The predicted molar refractivity (Wildman–Crippen MR) is 146 cm³/mol. The summed E-state index contributed by atoms with van der Waals surface area (Å²) in [5, 5.41) is 0. The van der Waals surface area contributed by atoms with Crippen LogP contribution in [0.5, 0.6) is 5.75 Å². The number of ketones is 1. The summed E-state index contributed by atoms with van der Waals surface area (Å²) < 4.78 is 47.7. The summed E-state index contributed by atoms with van der Waals surface area (Å²) in [5.74, 6) is -0.112. The van der Waals surface area contributed by atoms with E-state index in [1.165, 1.54) is 16.4 Å². The molecule has 3 aliphatic rings. The van der Waals surface area contributed by atoms with Crippen molar-refractivity contribution in [3.63, 3.8) is 0 Å². The summed E-state index contributed by atoms with van der Waals surface area (Å²) >= 11 is 0. The summed E-state index contributed by atoms with van der Waals surface area (Å²) in [6.45, 7) is 3.89. The maximum Gasteiger partial charge on any atom is 0.238 e. The number of sulfonamides is 1. The Morgan fingerprint density at radius 1 is 1.05 bits per heavy atom. The van der Waals surface area contributed by atoms with E-state index in [2.05, 4.69) is 0 Å². The van der Waals surface area contributed by atoms with Crippen LogP contribution in [0.1, 0.15) is 50.3 Å². The molecular weight excluding hydrogens is 519 g/mol. The number of benzene rings is 2. The van der Waals surface area contributed by atoms with Gasteiger partial charge in [-0.25, -0.2) is 12.8 Å². The number of carbonyl (C=O) groups excluding carboxylic acids is 2. The lowest BCUT2D eigenvalue weighted by molar-refractivity contribution is -0.133. The van der Waals surface area contributed by atoms with Crippen LogP contribution in [0, 0.1) is 22.6 Å². The Kier molecular flexibility index (Phi) is 7.18. The Hall–Kier alpha value is -3.04. The molecule has 9 heteroatoms. The average Bonchev–Trinajstić information content (AvgIpc) is 3.23. The molecule has 7 nitrogen and oxygen atoms in total. The number of nitrogens with zero attached hydrogens (tertiary/aromatic N) is 2. The topological polar surface area (TPSA) is 84.0 Å². The first-order valence-corrected chi connectivity index (χ1v) is 14.9. The lowest BCUT2D eigenvalue weighted by Gasteiger charge is -2.38. The van der Waals surface area contributed by atoms with Crippen molar-refractivity contribution in [2.45, 2.75) is 45.7 Å². The first-order valence-electron chi connectivity index (χ1n) is 13.3. The van der Waals surface area contributed by atoms with Gasteiger partial charge in [-0.05, 0) is 59.6 Å². The van der Waals surface area contributed by atoms with E-state index in [1.54, 1.807) is 30.2 Å². The molecule has 2 bridgehead atoms. The molecule has 3 atom stereocenters. The summed E-state index contributed by atoms with van der Waals surface area (Å²) in [5.41, 5.74) is 0.257. The first-order chi connectivity index (χ1) is 18.5. The standard InChI is InChI=1S/C30H35FN2O5S/c1-29(2)23-14-15-30(29,27(34)17-23)20-39(36,37)32-16-4-5-26(22-8-12-25(38-3)13-9-22)33(28(35)19-32)18-21-6-10-24(31)11-7-21/h4-13,23,26H,14-20H2,1-3H3/b5-4-/t23-,26?,30-/m1/s1. The summed E-state index contributed by atoms with van der Waals surface area (Å²) in [6, 6.07) is 12.8. The first kappa shape index (κ1) is 27.5. The van der Waals surface area contributed by atoms with Crippen LogP contribution in [-0.4, -0.2) is 55.3 Å². The van der Waals surface area contributed by atoms with Crippen molar-refractivity contribution in [2.24, 2.45) is 16.7 Å². The van der Waals surface area contributed by atoms with Gasteiger partial charge in [0.05, 0.1) is 25.4 Å². The van der Waals surface area contributed by atoms with E-state index in [0.717, 1.165) is 17.5 Å². The van der Waals surface area contributed by atoms with E-state index in [-0.39, 0.29) is 48.8 Å². The molecule has 1 aliphatic heterocycles. The molecule has 2 aromatic rings. The van der Waals surface area contributed by atoms with E-state index >= 15 is 0 Å². The van der Waals surface area contributed by atoms with Gasteiger partial charge in [-0.3, -0.25) is 9.59 Å². The molecule has 0 spiro atoms. The van der Waals surface area contributed by atoms with E-state index in [9.17, 15) is 22.4 Å². The highest BCUT2D eigenvalue weighted by molar-refractivity contribution is 7.89. The SMILES string of the molecule is COc1ccc(C2/C=C\CN(S(=O)(=O)C[C@]34CC[C@H](CC3=O)C4(C)C)CC(=O)N2Cc2ccc(F)cc2)cc1. The maximum atomic E-state index is 13.8. The molecule has 2 saturated carbocycles. The molecule has 1 amide bonds. The Morgan fingerprint density at radius 2 is 1.74 bits per heavy atom. The van der Waals surface area contributed by atoms with Crippen LogP contribution in [0.25, 0.3) is 0 Å². The van der Waals surface area contributed by atoms with Crippen molar-refractivity contribution in [2.75, 3.05) is 26.0 Å². The van der Waals surface area contributed by atoms with Crippen LogP contribution in [0.2, 0.25) is 0 Å². The quantitative estimate of drug-likeness (QED) is 0.471. The van der Waals surface area contributed by atoms with E-state index in [1.807, 2.05) is 44.2 Å². The minimum absolute atomic E-state index is 0.0266. The van der Waals surface area contributed by atoms with Crippen LogP contribution in [0.3, 0.4) is 0 Å². The average molecular weight is 555 g/mol. The number of carbonyl (C=O) groups is 2. The van der Waals surface area contributed by atoms with Crippen molar-refractivity contribution in [1.29, 1.82) is 0 Å². The fourth-order valence-corrected chi connectivity index (χ4v) is 8.76. The zero-order valence-electron chi connectivity index (χ0n) is 22.6. The normalized spacial score (nSPS) is 27.8. The summed E-state index contributed by atoms with van der Waals surface area (Å²) in [6.07, 6.45) is 5.45. The molecule has 5 rings (SSSR count). The number of halogens is 1. The molecule has 2 fully saturated rings. The molecule has 0 saturated heterocycles. The van der Waals surface area contributed by atoms with Gasteiger partial charge in [0.15, 0.2) is 0 Å². The van der Waals surface area contributed by atoms with Crippen molar-refractivity contribution in [3.05, 3.63) is 77.6 Å². The van der Waals surface area contributed by atoms with Crippen molar-refractivity contribution < 1.29 is 27.1 Å². The van der Waals surface area contributed by atoms with Crippen molar-refractivity contribution >= 4 is 21.7 Å². The number of amides is 1. The van der Waals surface area contributed by atoms with E-state index in [0.29, 0.717) is 18.6 Å². The summed E-state index contributed by atoms with van der Waals surface area (Å²) in [4.78, 5) is 28.5. The van der Waals surface area contributed by atoms with Crippen LogP contribution < -0.4 is 4.74 Å². The van der Waals surface area contributed by atoms with Gasteiger partial charge in [-0.15, -0.1) is 0 Å². The predicted octanol–water partition coefficient (Wildman–Crippen LogP) is 4.50. The molecule has 39 heavy (non-hydrogen) atoms. The van der Waals surface area contributed by atoms with Gasteiger partial charge in [0, 0.05) is 24.9 Å². The van der Waals surface area contributed by atoms with Gasteiger partial charge in [-0.1, -0.05) is 50.3 Å². The van der Waals surface area contributed by atoms with Gasteiger partial charge in [0.25, 0.3) is 0 Å². The number of hydrogen-bond donors (Lipinski definition) is 0. The third kappa shape index (κ3) is 4.91. The van der Waals surface area contributed by atoms with Crippen LogP contribution in [-0.2, 0) is 26.2 Å². The molecule has 208 valence electrons. The Balaban J connectivity index is 1.46. The number of Topliss-reactive ketones (excluding diaryl/α,β-unsaturated/α-hetero) is 1.